The summed E-state index contributed by atoms with van der Waals surface area (Å²) in [6.07, 6.45) is 5.11. The predicted molar refractivity (Wildman–Crippen MR) is 73.3 cm³/mol. The summed E-state index contributed by atoms with van der Waals surface area (Å²) in [4.78, 5) is 20.1. The second-order valence-electron chi connectivity index (χ2n) is 4.09. The molecular weight excluding hydrogens is 238 g/mol. The summed E-state index contributed by atoms with van der Waals surface area (Å²) < 4.78 is 0. The minimum Gasteiger partial charge on any atom is -0.305 e. The van der Waals surface area contributed by atoms with Gasteiger partial charge in [-0.3, -0.25) is 9.78 Å². The van der Waals surface area contributed by atoms with Crippen molar-refractivity contribution < 1.29 is 4.79 Å². The van der Waals surface area contributed by atoms with E-state index in [2.05, 4.69) is 15.3 Å². The van der Waals surface area contributed by atoms with Crippen molar-refractivity contribution in [1.29, 1.82) is 0 Å². The first kappa shape index (κ1) is 11.3. The van der Waals surface area contributed by atoms with Gasteiger partial charge in [0.15, 0.2) is 0 Å². The van der Waals surface area contributed by atoms with Crippen LogP contribution in [0.4, 0.5) is 0 Å². The Hall–Kier alpha value is -2.75. The summed E-state index contributed by atoms with van der Waals surface area (Å²) in [5, 5.41) is 2.76. The zero-order valence-corrected chi connectivity index (χ0v) is 10.1. The quantitative estimate of drug-likeness (QED) is 0.828. The third kappa shape index (κ3) is 2.42. The number of hydrogen-bond donors (Lipinski definition) is 1. The van der Waals surface area contributed by atoms with Crippen LogP contribution in [0.25, 0.3) is 6.08 Å². The molecule has 1 N–H and O–H groups in total. The van der Waals surface area contributed by atoms with Crippen molar-refractivity contribution in [3.8, 4) is 0 Å². The van der Waals surface area contributed by atoms with Crippen molar-refractivity contribution >= 4 is 17.8 Å². The van der Waals surface area contributed by atoms with Crippen molar-refractivity contribution in [2.75, 3.05) is 0 Å². The predicted octanol–water partition coefficient (Wildman–Crippen LogP) is 2.00. The van der Waals surface area contributed by atoms with Crippen LogP contribution >= 0.6 is 0 Å². The first-order valence-corrected chi connectivity index (χ1v) is 5.90. The van der Waals surface area contributed by atoms with Crippen LogP contribution in [-0.2, 0) is 4.79 Å². The molecule has 0 saturated carbocycles. The molecule has 0 atom stereocenters. The Balaban J connectivity index is 1.94. The number of amides is 1. The van der Waals surface area contributed by atoms with Crippen LogP contribution < -0.4 is 5.32 Å². The van der Waals surface area contributed by atoms with Crippen LogP contribution in [0.3, 0.4) is 0 Å². The molecule has 0 spiro atoms. The lowest BCUT2D eigenvalue weighted by Crippen LogP contribution is -2.24. The van der Waals surface area contributed by atoms with Gasteiger partial charge in [0.05, 0.1) is 0 Å². The molecule has 0 radical (unpaired) electrons. The molecule has 1 aromatic carbocycles. The molecular formula is C15H11N3O. The Kier molecular flexibility index (Phi) is 2.90. The first-order chi connectivity index (χ1) is 9.33. The average molecular weight is 249 g/mol. The lowest BCUT2D eigenvalue weighted by Gasteiger charge is -1.97. The van der Waals surface area contributed by atoms with Gasteiger partial charge >= 0.3 is 0 Å². The Morgan fingerprint density at radius 1 is 1.00 bits per heavy atom. The van der Waals surface area contributed by atoms with Gasteiger partial charge in [0.2, 0.25) is 0 Å². The number of pyridine rings is 1. The number of carbonyl (C=O) groups is 1. The van der Waals surface area contributed by atoms with E-state index in [1.165, 1.54) is 0 Å². The lowest BCUT2D eigenvalue weighted by molar-refractivity contribution is -0.115. The summed E-state index contributed by atoms with van der Waals surface area (Å²) in [5.74, 6) is 0.380. The van der Waals surface area contributed by atoms with E-state index in [1.54, 1.807) is 18.5 Å². The minimum atomic E-state index is -0.185. The molecule has 2 heterocycles. The number of nitrogens with one attached hydrogen (secondary N) is 1. The zero-order chi connectivity index (χ0) is 13.1. The Labute approximate surface area is 110 Å². The number of benzene rings is 1. The molecule has 1 aliphatic rings. The summed E-state index contributed by atoms with van der Waals surface area (Å²) in [7, 11) is 0. The molecule has 92 valence electrons. The van der Waals surface area contributed by atoms with E-state index in [0.29, 0.717) is 11.5 Å². The van der Waals surface area contributed by atoms with Gasteiger partial charge < -0.3 is 5.32 Å². The van der Waals surface area contributed by atoms with Gasteiger partial charge in [-0.2, -0.15) is 0 Å². The highest BCUT2D eigenvalue weighted by Crippen LogP contribution is 2.14. The zero-order valence-electron chi connectivity index (χ0n) is 10.1. The minimum absolute atomic E-state index is 0.185. The van der Waals surface area contributed by atoms with Crippen molar-refractivity contribution in [3.63, 3.8) is 0 Å². The molecule has 3 rings (SSSR count). The first-order valence-electron chi connectivity index (χ1n) is 5.90. The van der Waals surface area contributed by atoms with Crippen LogP contribution in [0.2, 0.25) is 0 Å². The fraction of sp³-hybridized carbons (Fsp3) is 0. The van der Waals surface area contributed by atoms with Crippen LogP contribution in [0.15, 0.2) is 65.5 Å². The van der Waals surface area contributed by atoms with Gasteiger partial charge in [-0.15, -0.1) is 0 Å². The Morgan fingerprint density at radius 3 is 2.47 bits per heavy atom. The number of aromatic nitrogens is 1. The standard InChI is InChI=1S/C15H11N3O/c19-15-13(10-11-4-2-1-3-5-11)17-14(18-15)12-6-8-16-9-7-12/h1-10H,(H,17,18,19)/b13-10-. The summed E-state index contributed by atoms with van der Waals surface area (Å²) >= 11 is 0. The third-order valence-electron chi connectivity index (χ3n) is 2.75. The maximum Gasteiger partial charge on any atom is 0.275 e. The molecule has 1 amide bonds. The molecule has 2 aromatic rings. The summed E-state index contributed by atoms with van der Waals surface area (Å²) in [5.41, 5.74) is 2.21. The molecule has 4 heteroatoms. The van der Waals surface area contributed by atoms with E-state index in [4.69, 9.17) is 0 Å². The molecule has 0 fully saturated rings. The van der Waals surface area contributed by atoms with E-state index < -0.39 is 0 Å². The smallest absolute Gasteiger partial charge is 0.275 e. The Morgan fingerprint density at radius 2 is 1.74 bits per heavy atom. The number of rotatable bonds is 2. The van der Waals surface area contributed by atoms with Gasteiger partial charge in [-0.25, -0.2) is 4.99 Å². The number of hydrogen-bond acceptors (Lipinski definition) is 3. The lowest BCUT2D eigenvalue weighted by atomic mass is 10.2. The molecule has 1 aromatic heterocycles. The Bertz CT molecular complexity index is 660. The van der Waals surface area contributed by atoms with Gasteiger partial charge in [0, 0.05) is 18.0 Å². The fourth-order valence-electron chi connectivity index (χ4n) is 1.82. The van der Waals surface area contributed by atoms with Gasteiger partial charge in [-0.05, 0) is 23.8 Å². The maximum atomic E-state index is 11.9. The van der Waals surface area contributed by atoms with E-state index in [-0.39, 0.29) is 5.91 Å². The third-order valence-corrected chi connectivity index (χ3v) is 2.75. The SMILES string of the molecule is O=C1NC(c2ccncc2)=N/C1=C\c1ccccc1. The number of aliphatic imine (C=N–C) groups is 1. The second kappa shape index (κ2) is 4.86. The van der Waals surface area contributed by atoms with Gasteiger partial charge in [0.1, 0.15) is 11.5 Å². The van der Waals surface area contributed by atoms with Gasteiger partial charge in [-0.1, -0.05) is 30.3 Å². The fourth-order valence-corrected chi connectivity index (χ4v) is 1.82. The largest absolute Gasteiger partial charge is 0.305 e. The molecule has 4 nitrogen and oxygen atoms in total. The molecule has 19 heavy (non-hydrogen) atoms. The molecule has 0 aliphatic carbocycles. The average Bonchev–Trinajstić information content (AvgIpc) is 2.82. The van der Waals surface area contributed by atoms with E-state index in [9.17, 15) is 4.79 Å². The van der Waals surface area contributed by atoms with Crippen LogP contribution in [0, 0.1) is 0 Å². The number of carbonyl (C=O) groups excluding carboxylic acids is 1. The molecule has 0 unspecified atom stereocenters. The normalized spacial score (nSPS) is 16.3. The highest BCUT2D eigenvalue weighted by molar-refractivity contribution is 6.19. The van der Waals surface area contributed by atoms with Crippen molar-refractivity contribution in [2.24, 2.45) is 4.99 Å². The van der Waals surface area contributed by atoms with Crippen LogP contribution in [0.5, 0.6) is 0 Å². The van der Waals surface area contributed by atoms with Gasteiger partial charge in [0.25, 0.3) is 5.91 Å². The van der Waals surface area contributed by atoms with E-state index in [0.717, 1.165) is 11.1 Å². The highest BCUT2D eigenvalue weighted by Gasteiger charge is 2.20. The summed E-state index contributed by atoms with van der Waals surface area (Å²) in [6, 6.07) is 13.3. The van der Waals surface area contributed by atoms with Crippen molar-refractivity contribution in [3.05, 3.63) is 71.7 Å². The number of amidine groups is 1. The van der Waals surface area contributed by atoms with Crippen molar-refractivity contribution in [2.45, 2.75) is 0 Å². The second-order valence-corrected chi connectivity index (χ2v) is 4.09. The summed E-state index contributed by atoms with van der Waals surface area (Å²) in [6.45, 7) is 0. The highest BCUT2D eigenvalue weighted by atomic mass is 16.2. The molecule has 1 aliphatic heterocycles. The van der Waals surface area contributed by atoms with Crippen LogP contribution in [0.1, 0.15) is 11.1 Å². The molecule has 0 saturated heterocycles. The maximum absolute atomic E-state index is 11.9. The monoisotopic (exact) mass is 249 g/mol. The van der Waals surface area contributed by atoms with Crippen molar-refractivity contribution in [1.82, 2.24) is 10.3 Å². The van der Waals surface area contributed by atoms with E-state index >= 15 is 0 Å². The molecule has 0 bridgehead atoms. The van der Waals surface area contributed by atoms with E-state index in [1.807, 2.05) is 42.5 Å². The van der Waals surface area contributed by atoms with Crippen LogP contribution in [-0.4, -0.2) is 16.7 Å². The number of nitrogens with zero attached hydrogens (tertiary/aromatic N) is 2. The topological polar surface area (TPSA) is 54.4 Å².